The number of aromatic nitrogens is 2. The van der Waals surface area contributed by atoms with E-state index in [4.69, 9.17) is 9.72 Å². The molecule has 142 valence electrons. The number of piperidine rings is 1. The Kier molecular flexibility index (Phi) is 5.44. The zero-order valence-corrected chi connectivity index (χ0v) is 16.3. The van der Waals surface area contributed by atoms with Crippen molar-refractivity contribution in [3.05, 3.63) is 47.8 Å². The smallest absolute Gasteiger partial charge is 0.124 e. The number of fused-ring (bicyclic) bond motifs is 1. The monoisotopic (exact) mass is 363 g/mol. The maximum absolute atomic E-state index is 5.89. The van der Waals surface area contributed by atoms with Crippen molar-refractivity contribution in [3.63, 3.8) is 0 Å². The van der Waals surface area contributed by atoms with Crippen LogP contribution in [0.2, 0.25) is 0 Å². The average molecular weight is 364 g/mol. The van der Waals surface area contributed by atoms with Gasteiger partial charge in [-0.2, -0.15) is 0 Å². The second-order valence-electron chi connectivity index (χ2n) is 7.38. The van der Waals surface area contributed by atoms with E-state index in [0.717, 1.165) is 55.0 Å². The van der Waals surface area contributed by atoms with Crippen LogP contribution in [0, 0.1) is 0 Å². The summed E-state index contributed by atoms with van der Waals surface area (Å²) < 4.78 is 5.89. The molecule has 2 aromatic carbocycles. The van der Waals surface area contributed by atoms with E-state index in [1.807, 2.05) is 0 Å². The van der Waals surface area contributed by atoms with Crippen molar-refractivity contribution in [2.75, 3.05) is 13.2 Å². The first-order valence-electron chi connectivity index (χ1n) is 10.3. The highest BCUT2D eigenvalue weighted by molar-refractivity contribution is 5.82. The fraction of sp³-hybridized carbons (Fsp3) is 0.435. The van der Waals surface area contributed by atoms with Gasteiger partial charge in [0.25, 0.3) is 0 Å². The van der Waals surface area contributed by atoms with E-state index in [-0.39, 0.29) is 0 Å². The summed E-state index contributed by atoms with van der Waals surface area (Å²) in [5.74, 6) is 2.08. The van der Waals surface area contributed by atoms with Crippen molar-refractivity contribution in [2.45, 2.75) is 52.0 Å². The van der Waals surface area contributed by atoms with Crippen LogP contribution in [0.4, 0.5) is 0 Å². The number of benzene rings is 2. The fourth-order valence-electron chi connectivity index (χ4n) is 3.85. The molecule has 1 aliphatic rings. The van der Waals surface area contributed by atoms with Crippen LogP contribution in [0.15, 0.2) is 36.4 Å². The minimum atomic E-state index is 0.358. The maximum atomic E-state index is 5.89. The molecule has 4 rings (SSSR count). The van der Waals surface area contributed by atoms with Crippen molar-refractivity contribution in [2.24, 2.45) is 0 Å². The van der Waals surface area contributed by atoms with Crippen LogP contribution < -0.4 is 10.1 Å². The summed E-state index contributed by atoms with van der Waals surface area (Å²) in [5, 5.41) is 3.57. The van der Waals surface area contributed by atoms with Crippen LogP contribution in [-0.4, -0.2) is 23.1 Å². The topological polar surface area (TPSA) is 49.9 Å². The highest BCUT2D eigenvalue weighted by Crippen LogP contribution is 2.30. The Balaban J connectivity index is 1.63. The highest BCUT2D eigenvalue weighted by atomic mass is 16.5. The number of aryl methyl sites for hydroxylation is 1. The quantitative estimate of drug-likeness (QED) is 0.617. The molecule has 1 atom stereocenters. The number of nitrogens with one attached hydrogen (secondary N) is 2. The van der Waals surface area contributed by atoms with Gasteiger partial charge in [0.2, 0.25) is 0 Å². The predicted octanol–water partition coefficient (Wildman–Crippen LogP) is 5.40. The second-order valence-corrected chi connectivity index (χ2v) is 7.38. The van der Waals surface area contributed by atoms with Gasteiger partial charge in [-0.1, -0.05) is 32.4 Å². The average Bonchev–Trinajstić information content (AvgIpc) is 3.16. The van der Waals surface area contributed by atoms with Gasteiger partial charge in [-0.3, -0.25) is 0 Å². The lowest BCUT2D eigenvalue weighted by Gasteiger charge is -2.21. The molecule has 0 bridgehead atoms. The third kappa shape index (κ3) is 3.86. The first-order valence-corrected chi connectivity index (χ1v) is 10.3. The number of hydrogen-bond acceptors (Lipinski definition) is 3. The summed E-state index contributed by atoms with van der Waals surface area (Å²) in [4.78, 5) is 8.36. The first-order chi connectivity index (χ1) is 13.3. The van der Waals surface area contributed by atoms with Crippen molar-refractivity contribution in [1.29, 1.82) is 0 Å². The molecule has 1 aliphatic heterocycles. The third-order valence-corrected chi connectivity index (χ3v) is 5.38. The molecular formula is C23H29N3O. The van der Waals surface area contributed by atoms with Gasteiger partial charge in [0, 0.05) is 0 Å². The minimum absolute atomic E-state index is 0.358. The molecule has 1 saturated heterocycles. The van der Waals surface area contributed by atoms with E-state index in [2.05, 4.69) is 60.5 Å². The van der Waals surface area contributed by atoms with Crippen molar-refractivity contribution in [1.82, 2.24) is 15.3 Å². The van der Waals surface area contributed by atoms with Gasteiger partial charge in [-0.05, 0) is 73.2 Å². The lowest BCUT2D eigenvalue weighted by Crippen LogP contribution is -2.27. The second kappa shape index (κ2) is 8.13. The summed E-state index contributed by atoms with van der Waals surface area (Å²) in [7, 11) is 0. The maximum Gasteiger partial charge on any atom is 0.124 e. The number of nitrogens with zero attached hydrogens (tertiary/aromatic N) is 1. The molecule has 0 amide bonds. The first kappa shape index (κ1) is 18.1. The molecule has 0 aliphatic carbocycles. The molecule has 3 aromatic rings. The summed E-state index contributed by atoms with van der Waals surface area (Å²) in [5.41, 5.74) is 5.85. The minimum Gasteiger partial charge on any atom is -0.493 e. The van der Waals surface area contributed by atoms with Crippen LogP contribution in [0.25, 0.3) is 22.2 Å². The highest BCUT2D eigenvalue weighted by Gasteiger charge is 2.18. The van der Waals surface area contributed by atoms with Crippen molar-refractivity contribution < 1.29 is 4.74 Å². The van der Waals surface area contributed by atoms with Crippen LogP contribution >= 0.6 is 0 Å². The Morgan fingerprint density at radius 3 is 2.70 bits per heavy atom. The number of hydrogen-bond donors (Lipinski definition) is 2. The molecule has 27 heavy (non-hydrogen) atoms. The SMILES string of the molecule is CCCOc1ccc(-c2ccc3nc(C4CCCCN4)[nH]c3c2)cc1CC. The van der Waals surface area contributed by atoms with E-state index in [1.54, 1.807) is 0 Å². The molecule has 0 spiro atoms. The third-order valence-electron chi connectivity index (χ3n) is 5.38. The van der Waals surface area contributed by atoms with Gasteiger partial charge in [0.05, 0.1) is 23.7 Å². The predicted molar refractivity (Wildman–Crippen MR) is 111 cm³/mol. The molecule has 4 heteroatoms. The molecule has 1 aromatic heterocycles. The van der Waals surface area contributed by atoms with Crippen LogP contribution in [-0.2, 0) is 6.42 Å². The molecule has 1 fully saturated rings. The molecule has 1 unspecified atom stereocenters. The zero-order chi connectivity index (χ0) is 18.6. The van der Waals surface area contributed by atoms with Crippen molar-refractivity contribution >= 4 is 11.0 Å². The van der Waals surface area contributed by atoms with Crippen LogP contribution in [0.3, 0.4) is 0 Å². The molecule has 0 saturated carbocycles. The number of aromatic amines is 1. The lowest BCUT2D eigenvalue weighted by molar-refractivity contribution is 0.314. The number of imidazole rings is 1. The Bertz CT molecular complexity index is 909. The molecule has 2 N–H and O–H groups in total. The van der Waals surface area contributed by atoms with Gasteiger partial charge in [-0.15, -0.1) is 0 Å². The standard InChI is InChI=1S/C23H29N3O/c1-3-13-27-22-11-9-17(14-16(22)4-2)18-8-10-19-21(15-18)26-23(25-19)20-7-5-6-12-24-20/h8-11,14-15,20,24H,3-7,12-13H2,1-2H3,(H,25,26). The Hall–Kier alpha value is -2.33. The largest absolute Gasteiger partial charge is 0.493 e. The normalized spacial score (nSPS) is 17.3. The molecular weight excluding hydrogens is 334 g/mol. The summed E-state index contributed by atoms with van der Waals surface area (Å²) in [6.07, 6.45) is 5.69. The number of ether oxygens (including phenoxy) is 1. The molecule has 2 heterocycles. The number of rotatable bonds is 6. The van der Waals surface area contributed by atoms with E-state index >= 15 is 0 Å². The van der Waals surface area contributed by atoms with E-state index in [0.29, 0.717) is 6.04 Å². The molecule has 0 radical (unpaired) electrons. The Labute approximate surface area is 161 Å². The van der Waals surface area contributed by atoms with Gasteiger partial charge in [0.15, 0.2) is 0 Å². The zero-order valence-electron chi connectivity index (χ0n) is 16.3. The van der Waals surface area contributed by atoms with Gasteiger partial charge >= 0.3 is 0 Å². The Morgan fingerprint density at radius 1 is 1.07 bits per heavy atom. The lowest BCUT2D eigenvalue weighted by atomic mass is 10.0. The molecule has 4 nitrogen and oxygen atoms in total. The van der Waals surface area contributed by atoms with E-state index < -0.39 is 0 Å². The van der Waals surface area contributed by atoms with Gasteiger partial charge in [-0.25, -0.2) is 4.98 Å². The van der Waals surface area contributed by atoms with E-state index in [9.17, 15) is 0 Å². The number of H-pyrrole nitrogens is 1. The summed E-state index contributed by atoms with van der Waals surface area (Å²) >= 11 is 0. The van der Waals surface area contributed by atoms with Crippen molar-refractivity contribution in [3.8, 4) is 16.9 Å². The Morgan fingerprint density at radius 2 is 1.93 bits per heavy atom. The fourth-order valence-corrected chi connectivity index (χ4v) is 3.85. The van der Waals surface area contributed by atoms with Gasteiger partial charge in [0.1, 0.15) is 11.6 Å². The van der Waals surface area contributed by atoms with Gasteiger partial charge < -0.3 is 15.0 Å². The summed E-state index contributed by atoms with van der Waals surface area (Å²) in [6.45, 7) is 6.17. The van der Waals surface area contributed by atoms with E-state index in [1.165, 1.54) is 29.5 Å². The van der Waals surface area contributed by atoms with Crippen LogP contribution in [0.1, 0.15) is 57.0 Å². The van der Waals surface area contributed by atoms with Crippen LogP contribution in [0.5, 0.6) is 5.75 Å². The summed E-state index contributed by atoms with van der Waals surface area (Å²) in [6, 6.07) is 13.4.